The number of sulfone groups is 1. The van der Waals surface area contributed by atoms with Crippen molar-refractivity contribution in [3.8, 4) is 0 Å². The Kier molecular flexibility index (Phi) is 5.50. The lowest BCUT2D eigenvalue weighted by Crippen LogP contribution is -2.26. The van der Waals surface area contributed by atoms with E-state index in [1.807, 2.05) is 0 Å². The first-order valence-electron chi connectivity index (χ1n) is 6.00. The minimum Gasteiger partial charge on any atom is -0.383 e. The summed E-state index contributed by atoms with van der Waals surface area (Å²) in [7, 11) is -1.74. The van der Waals surface area contributed by atoms with E-state index in [0.29, 0.717) is 18.7 Å². The predicted molar refractivity (Wildman–Crippen MR) is 73.0 cm³/mol. The number of carbonyl (C=O) groups excluding carboxylic acids is 1. The average Bonchev–Trinajstić information content (AvgIpc) is 2.39. The first-order chi connectivity index (χ1) is 8.89. The third kappa shape index (κ3) is 4.04. The van der Waals surface area contributed by atoms with Crippen LogP contribution in [0.4, 0.5) is 0 Å². The topological polar surface area (TPSA) is 72.5 Å². The third-order valence-electron chi connectivity index (χ3n) is 2.66. The first-order valence-corrected chi connectivity index (χ1v) is 7.55. The van der Waals surface area contributed by atoms with Gasteiger partial charge in [-0.15, -0.1) is 0 Å². The number of methoxy groups -OCH3 is 1. The van der Waals surface area contributed by atoms with Crippen molar-refractivity contribution in [2.75, 3.05) is 20.3 Å². The van der Waals surface area contributed by atoms with Crippen molar-refractivity contribution in [3.63, 3.8) is 0 Å². The maximum absolute atomic E-state index is 11.9. The molecule has 0 saturated carbocycles. The highest BCUT2D eigenvalue weighted by Crippen LogP contribution is 2.16. The maximum Gasteiger partial charge on any atom is 0.251 e. The van der Waals surface area contributed by atoms with Crippen LogP contribution in [0, 0.1) is 0 Å². The van der Waals surface area contributed by atoms with Gasteiger partial charge in [0.2, 0.25) is 0 Å². The quantitative estimate of drug-likeness (QED) is 0.798. The number of carbonyl (C=O) groups is 1. The Labute approximate surface area is 113 Å². The standard InChI is InChI=1S/C13H19NO4S/c1-10(2)19(16,17)12-6-4-11(5-7-12)13(15)14-8-9-18-3/h4-7,10H,8-9H2,1-3H3,(H,14,15). The van der Waals surface area contributed by atoms with Crippen molar-refractivity contribution in [2.45, 2.75) is 24.0 Å². The molecule has 0 atom stereocenters. The Bertz CT molecular complexity index is 520. The third-order valence-corrected chi connectivity index (χ3v) is 4.83. The monoisotopic (exact) mass is 285 g/mol. The van der Waals surface area contributed by atoms with Crippen molar-refractivity contribution in [2.24, 2.45) is 0 Å². The average molecular weight is 285 g/mol. The molecule has 0 aromatic heterocycles. The molecule has 5 nitrogen and oxygen atoms in total. The van der Waals surface area contributed by atoms with Crippen molar-refractivity contribution >= 4 is 15.7 Å². The Morgan fingerprint density at radius 3 is 2.32 bits per heavy atom. The normalized spacial score (nSPS) is 11.6. The van der Waals surface area contributed by atoms with Gasteiger partial charge in [0.05, 0.1) is 16.8 Å². The summed E-state index contributed by atoms with van der Waals surface area (Å²) in [6, 6.07) is 5.94. The van der Waals surface area contributed by atoms with Crippen molar-refractivity contribution in [1.29, 1.82) is 0 Å². The molecule has 6 heteroatoms. The van der Waals surface area contributed by atoms with E-state index in [4.69, 9.17) is 4.74 Å². The number of hydrogen-bond acceptors (Lipinski definition) is 4. The summed E-state index contributed by atoms with van der Waals surface area (Å²) in [6.45, 7) is 4.11. The van der Waals surface area contributed by atoms with Gasteiger partial charge in [0.15, 0.2) is 9.84 Å². The van der Waals surface area contributed by atoms with Crippen molar-refractivity contribution < 1.29 is 17.9 Å². The van der Waals surface area contributed by atoms with Gasteiger partial charge in [-0.1, -0.05) is 0 Å². The fourth-order valence-corrected chi connectivity index (χ4v) is 2.50. The molecule has 0 aliphatic rings. The molecule has 106 valence electrons. The minimum atomic E-state index is -3.29. The Hall–Kier alpha value is -1.40. The van der Waals surface area contributed by atoms with E-state index in [2.05, 4.69) is 5.32 Å². The smallest absolute Gasteiger partial charge is 0.251 e. The van der Waals surface area contributed by atoms with Crippen LogP contribution in [-0.2, 0) is 14.6 Å². The Morgan fingerprint density at radius 1 is 1.26 bits per heavy atom. The zero-order valence-corrected chi connectivity index (χ0v) is 12.2. The largest absolute Gasteiger partial charge is 0.383 e. The number of benzene rings is 1. The molecule has 19 heavy (non-hydrogen) atoms. The molecule has 1 amide bonds. The summed E-state index contributed by atoms with van der Waals surface area (Å²) in [5.74, 6) is -0.245. The highest BCUT2D eigenvalue weighted by Gasteiger charge is 2.19. The van der Waals surface area contributed by atoms with Crippen LogP contribution >= 0.6 is 0 Å². The summed E-state index contributed by atoms with van der Waals surface area (Å²) in [4.78, 5) is 11.9. The van der Waals surface area contributed by atoms with Crippen LogP contribution < -0.4 is 5.32 Å². The molecule has 1 aromatic rings. The lowest BCUT2D eigenvalue weighted by Gasteiger charge is -2.09. The van der Waals surface area contributed by atoms with E-state index in [9.17, 15) is 13.2 Å². The number of hydrogen-bond donors (Lipinski definition) is 1. The van der Waals surface area contributed by atoms with Gasteiger partial charge in [-0.25, -0.2) is 8.42 Å². The van der Waals surface area contributed by atoms with Gasteiger partial charge in [-0.3, -0.25) is 4.79 Å². The molecule has 0 aliphatic heterocycles. The molecule has 0 heterocycles. The van der Waals surface area contributed by atoms with Crippen LogP contribution in [0.3, 0.4) is 0 Å². The van der Waals surface area contributed by atoms with Crippen molar-refractivity contribution in [3.05, 3.63) is 29.8 Å². The molecule has 1 N–H and O–H groups in total. The zero-order valence-electron chi connectivity index (χ0n) is 11.3. The van der Waals surface area contributed by atoms with E-state index in [1.54, 1.807) is 21.0 Å². The second-order valence-corrected chi connectivity index (χ2v) is 6.87. The molecule has 1 aromatic carbocycles. The molecule has 0 spiro atoms. The summed E-state index contributed by atoms with van der Waals surface area (Å²) < 4.78 is 28.6. The highest BCUT2D eigenvalue weighted by atomic mass is 32.2. The van der Waals surface area contributed by atoms with Crippen molar-refractivity contribution in [1.82, 2.24) is 5.32 Å². The summed E-state index contributed by atoms with van der Waals surface area (Å²) in [5, 5.41) is 2.19. The van der Waals surface area contributed by atoms with Gasteiger partial charge >= 0.3 is 0 Å². The van der Waals surface area contributed by atoms with E-state index in [0.717, 1.165) is 0 Å². The lowest BCUT2D eigenvalue weighted by molar-refractivity contribution is 0.0937. The lowest BCUT2D eigenvalue weighted by atomic mass is 10.2. The number of ether oxygens (including phenoxy) is 1. The summed E-state index contributed by atoms with van der Waals surface area (Å²) >= 11 is 0. The molecular formula is C13H19NO4S. The van der Waals surface area contributed by atoms with Crippen LogP contribution in [0.1, 0.15) is 24.2 Å². The van der Waals surface area contributed by atoms with Gasteiger partial charge in [0.25, 0.3) is 5.91 Å². The molecule has 0 radical (unpaired) electrons. The second kappa shape index (κ2) is 6.68. The summed E-state index contributed by atoms with van der Waals surface area (Å²) in [5.41, 5.74) is 0.429. The molecular weight excluding hydrogens is 266 g/mol. The zero-order chi connectivity index (χ0) is 14.5. The summed E-state index contributed by atoms with van der Waals surface area (Å²) in [6.07, 6.45) is 0. The molecule has 0 aliphatic carbocycles. The fraction of sp³-hybridized carbons (Fsp3) is 0.462. The first kappa shape index (κ1) is 15.7. The van der Waals surface area contributed by atoms with Gasteiger partial charge < -0.3 is 10.1 Å². The molecule has 1 rings (SSSR count). The van der Waals surface area contributed by atoms with E-state index in [1.165, 1.54) is 24.3 Å². The number of amides is 1. The Balaban J connectivity index is 2.80. The molecule has 0 saturated heterocycles. The van der Waals surface area contributed by atoms with Gasteiger partial charge in [-0.05, 0) is 38.1 Å². The van der Waals surface area contributed by atoms with Crippen LogP contribution in [0.2, 0.25) is 0 Å². The minimum absolute atomic E-state index is 0.232. The predicted octanol–water partition coefficient (Wildman–Crippen LogP) is 1.24. The highest BCUT2D eigenvalue weighted by molar-refractivity contribution is 7.92. The molecule has 0 bridgehead atoms. The van der Waals surface area contributed by atoms with Gasteiger partial charge in [0, 0.05) is 19.2 Å². The van der Waals surface area contributed by atoms with E-state index < -0.39 is 15.1 Å². The molecule has 0 fully saturated rings. The van der Waals surface area contributed by atoms with Crippen LogP contribution in [0.15, 0.2) is 29.2 Å². The number of nitrogens with one attached hydrogen (secondary N) is 1. The van der Waals surface area contributed by atoms with Crippen LogP contribution in [-0.4, -0.2) is 39.8 Å². The second-order valence-electron chi connectivity index (χ2n) is 4.37. The van der Waals surface area contributed by atoms with Gasteiger partial charge in [0.1, 0.15) is 0 Å². The van der Waals surface area contributed by atoms with E-state index >= 15 is 0 Å². The maximum atomic E-state index is 11.9. The van der Waals surface area contributed by atoms with Crippen LogP contribution in [0.25, 0.3) is 0 Å². The molecule has 0 unspecified atom stereocenters. The van der Waals surface area contributed by atoms with Gasteiger partial charge in [-0.2, -0.15) is 0 Å². The Morgan fingerprint density at radius 2 is 1.84 bits per heavy atom. The fourth-order valence-electron chi connectivity index (χ4n) is 1.44. The number of rotatable bonds is 6. The van der Waals surface area contributed by atoms with Crippen LogP contribution in [0.5, 0.6) is 0 Å². The SMILES string of the molecule is COCCNC(=O)c1ccc(S(=O)(=O)C(C)C)cc1. The van der Waals surface area contributed by atoms with E-state index in [-0.39, 0.29) is 10.8 Å².